The molecule has 0 aliphatic carbocycles. The number of esters is 1. The van der Waals surface area contributed by atoms with E-state index in [2.05, 4.69) is 28.9 Å². The van der Waals surface area contributed by atoms with Gasteiger partial charge < -0.3 is 4.74 Å². The SMILES string of the molecule is COC(=O)C(Br)c1cc(C)c(C)cc1C. The van der Waals surface area contributed by atoms with Crippen molar-refractivity contribution in [3.8, 4) is 0 Å². The summed E-state index contributed by atoms with van der Waals surface area (Å²) in [5, 5.41) is 0. The van der Waals surface area contributed by atoms with Crippen molar-refractivity contribution >= 4 is 21.9 Å². The molecule has 0 saturated carbocycles. The van der Waals surface area contributed by atoms with Crippen LogP contribution in [0.4, 0.5) is 0 Å². The summed E-state index contributed by atoms with van der Waals surface area (Å²) >= 11 is 3.35. The van der Waals surface area contributed by atoms with Gasteiger partial charge in [0.15, 0.2) is 0 Å². The van der Waals surface area contributed by atoms with E-state index in [4.69, 9.17) is 4.74 Å². The van der Waals surface area contributed by atoms with Crippen molar-refractivity contribution in [1.82, 2.24) is 0 Å². The molecule has 0 fully saturated rings. The first-order valence-corrected chi connectivity index (χ1v) is 5.68. The minimum atomic E-state index is -0.373. The van der Waals surface area contributed by atoms with Crippen LogP contribution in [0.2, 0.25) is 0 Å². The van der Waals surface area contributed by atoms with Crippen LogP contribution in [0.5, 0.6) is 0 Å². The summed E-state index contributed by atoms with van der Waals surface area (Å²) in [7, 11) is 1.40. The van der Waals surface area contributed by atoms with Crippen molar-refractivity contribution < 1.29 is 9.53 Å². The standard InChI is InChI=1S/C12H15BrO2/c1-7-5-9(3)10(6-8(7)2)11(13)12(14)15-4/h5-6,11H,1-4H3. The number of alkyl halides is 1. The predicted octanol–water partition coefficient (Wildman–Crippen LogP) is 3.22. The van der Waals surface area contributed by atoms with E-state index < -0.39 is 0 Å². The Hall–Kier alpha value is -0.830. The van der Waals surface area contributed by atoms with Crippen LogP contribution in [0.1, 0.15) is 27.1 Å². The van der Waals surface area contributed by atoms with Crippen LogP contribution < -0.4 is 0 Å². The highest BCUT2D eigenvalue weighted by atomic mass is 79.9. The fourth-order valence-corrected chi connectivity index (χ4v) is 2.17. The molecule has 0 radical (unpaired) electrons. The molecule has 15 heavy (non-hydrogen) atoms. The number of halogens is 1. The lowest BCUT2D eigenvalue weighted by molar-refractivity contribution is -0.139. The van der Waals surface area contributed by atoms with E-state index in [9.17, 15) is 4.79 Å². The van der Waals surface area contributed by atoms with E-state index in [1.807, 2.05) is 19.9 Å². The number of methoxy groups -OCH3 is 1. The van der Waals surface area contributed by atoms with Crippen molar-refractivity contribution in [3.05, 3.63) is 34.4 Å². The normalized spacial score (nSPS) is 12.3. The van der Waals surface area contributed by atoms with E-state index in [1.54, 1.807) is 0 Å². The van der Waals surface area contributed by atoms with E-state index in [0.717, 1.165) is 11.1 Å². The number of hydrogen-bond donors (Lipinski definition) is 0. The Labute approximate surface area is 98.8 Å². The Morgan fingerprint density at radius 1 is 1.20 bits per heavy atom. The minimum absolute atomic E-state index is 0.263. The summed E-state index contributed by atoms with van der Waals surface area (Å²) in [6.07, 6.45) is 0. The zero-order valence-electron chi connectivity index (χ0n) is 9.43. The minimum Gasteiger partial charge on any atom is -0.468 e. The number of aryl methyl sites for hydroxylation is 3. The van der Waals surface area contributed by atoms with E-state index in [0.29, 0.717) is 0 Å². The van der Waals surface area contributed by atoms with Gasteiger partial charge in [-0.3, -0.25) is 4.79 Å². The number of ether oxygens (including phenoxy) is 1. The van der Waals surface area contributed by atoms with Crippen molar-refractivity contribution in [3.63, 3.8) is 0 Å². The average molecular weight is 271 g/mol. The molecule has 1 aromatic carbocycles. The molecule has 0 spiro atoms. The Balaban J connectivity index is 3.14. The van der Waals surface area contributed by atoms with Crippen LogP contribution in [0.15, 0.2) is 12.1 Å². The molecule has 0 heterocycles. The Bertz CT molecular complexity index is 385. The lowest BCUT2D eigenvalue weighted by atomic mass is 9.99. The van der Waals surface area contributed by atoms with Gasteiger partial charge in [-0.25, -0.2) is 0 Å². The van der Waals surface area contributed by atoms with Crippen molar-refractivity contribution in [2.75, 3.05) is 7.11 Å². The molecule has 1 atom stereocenters. The van der Waals surface area contributed by atoms with Crippen molar-refractivity contribution in [1.29, 1.82) is 0 Å². The maximum atomic E-state index is 11.4. The number of rotatable bonds is 2. The van der Waals surface area contributed by atoms with Crippen LogP contribution in [0.25, 0.3) is 0 Å². The van der Waals surface area contributed by atoms with Gasteiger partial charge in [0.2, 0.25) is 0 Å². The Kier molecular flexibility index (Phi) is 3.91. The summed E-state index contributed by atoms with van der Waals surface area (Å²) in [5.41, 5.74) is 4.50. The van der Waals surface area contributed by atoms with Gasteiger partial charge in [-0.1, -0.05) is 28.1 Å². The van der Waals surface area contributed by atoms with Crippen molar-refractivity contribution in [2.45, 2.75) is 25.6 Å². The molecule has 3 heteroatoms. The van der Waals surface area contributed by atoms with Gasteiger partial charge in [-0.05, 0) is 43.0 Å². The summed E-state index contributed by atoms with van der Waals surface area (Å²) in [6, 6.07) is 4.11. The predicted molar refractivity (Wildman–Crippen MR) is 64.3 cm³/mol. The molecule has 0 aromatic heterocycles. The van der Waals surface area contributed by atoms with Crippen LogP contribution in [-0.2, 0) is 9.53 Å². The van der Waals surface area contributed by atoms with E-state index in [-0.39, 0.29) is 10.8 Å². The number of carbonyl (C=O) groups excluding carboxylic acids is 1. The number of benzene rings is 1. The summed E-state index contributed by atoms with van der Waals surface area (Å²) in [6.45, 7) is 6.10. The molecule has 0 amide bonds. The summed E-state index contributed by atoms with van der Waals surface area (Å²) in [5.74, 6) is -0.263. The molecule has 0 saturated heterocycles. The first-order chi connectivity index (χ1) is 6.97. The van der Waals surface area contributed by atoms with Gasteiger partial charge in [0.1, 0.15) is 4.83 Å². The number of carbonyl (C=O) groups is 1. The second-order valence-electron chi connectivity index (χ2n) is 3.68. The molecule has 1 aromatic rings. The molecular weight excluding hydrogens is 256 g/mol. The first-order valence-electron chi connectivity index (χ1n) is 4.77. The quantitative estimate of drug-likeness (QED) is 0.609. The zero-order chi connectivity index (χ0) is 11.6. The summed E-state index contributed by atoms with van der Waals surface area (Å²) in [4.78, 5) is 11.0. The third-order valence-corrected chi connectivity index (χ3v) is 3.43. The third kappa shape index (κ3) is 2.59. The van der Waals surface area contributed by atoms with Crippen LogP contribution in [0.3, 0.4) is 0 Å². The largest absolute Gasteiger partial charge is 0.468 e. The average Bonchev–Trinajstić information content (AvgIpc) is 2.21. The van der Waals surface area contributed by atoms with Crippen LogP contribution in [-0.4, -0.2) is 13.1 Å². The van der Waals surface area contributed by atoms with Gasteiger partial charge in [-0.2, -0.15) is 0 Å². The maximum Gasteiger partial charge on any atom is 0.324 e. The number of hydrogen-bond acceptors (Lipinski definition) is 2. The van der Waals surface area contributed by atoms with E-state index in [1.165, 1.54) is 18.2 Å². The smallest absolute Gasteiger partial charge is 0.324 e. The molecule has 82 valence electrons. The zero-order valence-corrected chi connectivity index (χ0v) is 11.0. The molecule has 1 unspecified atom stereocenters. The lowest BCUT2D eigenvalue weighted by Gasteiger charge is -2.13. The second kappa shape index (κ2) is 4.79. The van der Waals surface area contributed by atoms with Crippen LogP contribution >= 0.6 is 15.9 Å². The molecule has 0 aliphatic rings. The monoisotopic (exact) mass is 270 g/mol. The second-order valence-corrected chi connectivity index (χ2v) is 4.59. The van der Waals surface area contributed by atoms with Gasteiger partial charge in [0, 0.05) is 0 Å². The Morgan fingerprint density at radius 2 is 1.73 bits per heavy atom. The summed E-state index contributed by atoms with van der Waals surface area (Å²) < 4.78 is 4.71. The fraction of sp³-hybridized carbons (Fsp3) is 0.417. The van der Waals surface area contributed by atoms with Gasteiger partial charge in [0.25, 0.3) is 0 Å². The molecule has 0 N–H and O–H groups in total. The first kappa shape index (κ1) is 12.2. The highest BCUT2D eigenvalue weighted by Crippen LogP contribution is 2.29. The highest BCUT2D eigenvalue weighted by Gasteiger charge is 2.19. The third-order valence-electron chi connectivity index (χ3n) is 2.56. The van der Waals surface area contributed by atoms with Crippen molar-refractivity contribution in [2.24, 2.45) is 0 Å². The molecule has 0 bridgehead atoms. The van der Waals surface area contributed by atoms with Gasteiger partial charge in [0.05, 0.1) is 7.11 Å². The lowest BCUT2D eigenvalue weighted by Crippen LogP contribution is -2.10. The van der Waals surface area contributed by atoms with Crippen LogP contribution in [0, 0.1) is 20.8 Å². The topological polar surface area (TPSA) is 26.3 Å². The molecule has 2 nitrogen and oxygen atoms in total. The van der Waals surface area contributed by atoms with Gasteiger partial charge in [-0.15, -0.1) is 0 Å². The maximum absolute atomic E-state index is 11.4. The molecule has 0 aliphatic heterocycles. The fourth-order valence-electron chi connectivity index (χ4n) is 1.49. The van der Waals surface area contributed by atoms with Gasteiger partial charge >= 0.3 is 5.97 Å². The van der Waals surface area contributed by atoms with E-state index >= 15 is 0 Å². The highest BCUT2D eigenvalue weighted by molar-refractivity contribution is 9.09. The molecular formula is C12H15BrO2. The molecule has 1 rings (SSSR count). The Morgan fingerprint density at radius 3 is 2.27 bits per heavy atom.